The lowest BCUT2D eigenvalue weighted by Gasteiger charge is -2.14. The van der Waals surface area contributed by atoms with E-state index in [1.807, 2.05) is 55.1 Å². The van der Waals surface area contributed by atoms with Crippen LogP contribution in [0.3, 0.4) is 0 Å². The zero-order valence-corrected chi connectivity index (χ0v) is 16.7. The zero-order chi connectivity index (χ0) is 20.6. The molecule has 0 fully saturated rings. The summed E-state index contributed by atoms with van der Waals surface area (Å²) in [5.41, 5.74) is 4.89. The van der Waals surface area contributed by atoms with Gasteiger partial charge in [0.05, 0.1) is 32.2 Å². The zero-order valence-electron chi connectivity index (χ0n) is 16.7. The Bertz CT molecular complexity index is 981. The van der Waals surface area contributed by atoms with Crippen LogP contribution in [0.25, 0.3) is 0 Å². The number of nitrogens with zero attached hydrogens (tertiary/aromatic N) is 3. The van der Waals surface area contributed by atoms with Gasteiger partial charge in [0.25, 0.3) is 5.91 Å². The first-order chi connectivity index (χ1) is 14.0. The highest BCUT2D eigenvalue weighted by molar-refractivity contribution is 5.95. The van der Waals surface area contributed by atoms with E-state index >= 15 is 0 Å². The Morgan fingerprint density at radius 2 is 2.00 bits per heavy atom. The highest BCUT2D eigenvalue weighted by atomic mass is 16.5. The molecule has 0 saturated heterocycles. The van der Waals surface area contributed by atoms with Crippen molar-refractivity contribution >= 4 is 12.1 Å². The van der Waals surface area contributed by atoms with Gasteiger partial charge in [-0.3, -0.25) is 9.48 Å². The number of hydrogen-bond donors (Lipinski definition) is 1. The molecule has 0 bridgehead atoms. The minimum absolute atomic E-state index is 0.0102. The van der Waals surface area contributed by atoms with Gasteiger partial charge in [-0.25, -0.2) is 5.43 Å². The fraction of sp³-hybridized carbons (Fsp3) is 0.227. The van der Waals surface area contributed by atoms with E-state index in [2.05, 4.69) is 15.6 Å². The molecule has 7 nitrogen and oxygen atoms in total. The first-order valence-corrected chi connectivity index (χ1v) is 9.29. The minimum atomic E-state index is -0.340. The van der Waals surface area contributed by atoms with E-state index in [-0.39, 0.29) is 12.0 Å². The number of benzene rings is 2. The summed E-state index contributed by atoms with van der Waals surface area (Å²) in [7, 11) is 1.54. The standard InChI is InChI=1S/C22H24N4O3/c1-16(2)29-20-10-9-19(11-21(20)28-3)22(27)25-23-12-18-13-24-26(15-18)14-17-7-5-4-6-8-17/h4-13,15-16H,14H2,1-3H3,(H,25,27)/b23-12-. The van der Waals surface area contributed by atoms with E-state index < -0.39 is 0 Å². The number of nitrogens with one attached hydrogen (secondary N) is 1. The third-order valence-electron chi connectivity index (χ3n) is 4.01. The first kappa shape index (κ1) is 20.1. The van der Waals surface area contributed by atoms with Gasteiger partial charge < -0.3 is 9.47 Å². The summed E-state index contributed by atoms with van der Waals surface area (Å²) in [6.45, 7) is 4.53. The first-order valence-electron chi connectivity index (χ1n) is 9.29. The maximum Gasteiger partial charge on any atom is 0.271 e. The molecule has 0 aliphatic carbocycles. The average Bonchev–Trinajstić information content (AvgIpc) is 3.15. The van der Waals surface area contributed by atoms with Crippen LogP contribution in [-0.4, -0.2) is 35.1 Å². The number of ether oxygens (including phenoxy) is 2. The summed E-state index contributed by atoms with van der Waals surface area (Å²) in [6, 6.07) is 15.1. The van der Waals surface area contributed by atoms with Crippen LogP contribution < -0.4 is 14.9 Å². The SMILES string of the molecule is COc1cc(C(=O)N/N=C\c2cnn(Cc3ccccc3)c2)ccc1OC(C)C. The molecule has 2 aromatic carbocycles. The van der Waals surface area contributed by atoms with E-state index in [0.29, 0.717) is 23.6 Å². The number of carbonyl (C=O) groups excluding carboxylic acids is 1. The van der Waals surface area contributed by atoms with Crippen LogP contribution in [0.15, 0.2) is 66.0 Å². The summed E-state index contributed by atoms with van der Waals surface area (Å²) >= 11 is 0. The van der Waals surface area contributed by atoms with Crippen molar-refractivity contribution in [2.45, 2.75) is 26.5 Å². The molecule has 7 heteroatoms. The van der Waals surface area contributed by atoms with E-state index in [4.69, 9.17) is 9.47 Å². The Hall–Kier alpha value is -3.61. The predicted molar refractivity (Wildman–Crippen MR) is 112 cm³/mol. The maximum atomic E-state index is 12.3. The highest BCUT2D eigenvalue weighted by Gasteiger charge is 2.11. The third-order valence-corrected chi connectivity index (χ3v) is 4.01. The predicted octanol–water partition coefficient (Wildman–Crippen LogP) is 3.49. The van der Waals surface area contributed by atoms with Crippen molar-refractivity contribution in [2.75, 3.05) is 7.11 Å². The van der Waals surface area contributed by atoms with Crippen LogP contribution in [0, 0.1) is 0 Å². The number of amides is 1. The topological polar surface area (TPSA) is 77.7 Å². The molecule has 1 heterocycles. The minimum Gasteiger partial charge on any atom is -0.493 e. The molecule has 0 spiro atoms. The molecular formula is C22H24N4O3. The lowest BCUT2D eigenvalue weighted by atomic mass is 10.2. The molecule has 0 aliphatic rings. The van der Waals surface area contributed by atoms with E-state index in [1.54, 1.807) is 30.6 Å². The van der Waals surface area contributed by atoms with Crippen molar-refractivity contribution in [3.05, 3.63) is 77.6 Å². The number of aromatic nitrogens is 2. The normalized spacial score (nSPS) is 11.0. The second kappa shape index (κ2) is 9.54. The molecule has 0 unspecified atom stereocenters. The van der Waals surface area contributed by atoms with Crippen molar-refractivity contribution in [1.82, 2.24) is 15.2 Å². The summed E-state index contributed by atoms with van der Waals surface area (Å²) in [6.07, 6.45) is 5.12. The molecule has 3 rings (SSSR count). The Kier molecular flexibility index (Phi) is 6.63. The Morgan fingerprint density at radius 1 is 1.21 bits per heavy atom. The molecule has 0 atom stereocenters. The Labute approximate surface area is 170 Å². The fourth-order valence-corrected chi connectivity index (χ4v) is 2.69. The molecular weight excluding hydrogens is 368 g/mol. The van der Waals surface area contributed by atoms with Crippen molar-refractivity contribution in [3.63, 3.8) is 0 Å². The maximum absolute atomic E-state index is 12.3. The van der Waals surface area contributed by atoms with Crippen molar-refractivity contribution in [2.24, 2.45) is 5.10 Å². The van der Waals surface area contributed by atoms with Crippen LogP contribution >= 0.6 is 0 Å². The highest BCUT2D eigenvalue weighted by Crippen LogP contribution is 2.28. The van der Waals surface area contributed by atoms with Gasteiger partial charge in [0.2, 0.25) is 0 Å². The second-order valence-corrected chi connectivity index (χ2v) is 6.69. The lowest BCUT2D eigenvalue weighted by Crippen LogP contribution is -2.17. The third kappa shape index (κ3) is 5.68. The van der Waals surface area contributed by atoms with Gasteiger partial charge >= 0.3 is 0 Å². The number of hydrogen-bond acceptors (Lipinski definition) is 5. The van der Waals surface area contributed by atoms with Crippen LogP contribution in [0.2, 0.25) is 0 Å². The van der Waals surface area contributed by atoms with Gasteiger partial charge in [0, 0.05) is 17.3 Å². The summed E-state index contributed by atoms with van der Waals surface area (Å²) in [4.78, 5) is 12.3. The molecule has 1 aromatic heterocycles. The van der Waals surface area contributed by atoms with Gasteiger partial charge in [-0.2, -0.15) is 10.2 Å². The van der Waals surface area contributed by atoms with Gasteiger partial charge in [-0.1, -0.05) is 30.3 Å². The summed E-state index contributed by atoms with van der Waals surface area (Å²) in [5, 5.41) is 8.32. The lowest BCUT2D eigenvalue weighted by molar-refractivity contribution is 0.0954. The van der Waals surface area contributed by atoms with E-state index in [1.165, 1.54) is 7.11 Å². The van der Waals surface area contributed by atoms with Crippen LogP contribution in [0.5, 0.6) is 11.5 Å². The Balaban J connectivity index is 1.59. The van der Waals surface area contributed by atoms with Crippen LogP contribution in [0.4, 0.5) is 0 Å². The quantitative estimate of drug-likeness (QED) is 0.470. The van der Waals surface area contributed by atoms with Crippen molar-refractivity contribution < 1.29 is 14.3 Å². The molecule has 1 N–H and O–H groups in total. The van der Waals surface area contributed by atoms with E-state index in [9.17, 15) is 4.79 Å². The van der Waals surface area contributed by atoms with Crippen LogP contribution in [0.1, 0.15) is 35.3 Å². The smallest absolute Gasteiger partial charge is 0.271 e. The second-order valence-electron chi connectivity index (χ2n) is 6.69. The fourth-order valence-electron chi connectivity index (χ4n) is 2.69. The Morgan fingerprint density at radius 3 is 2.72 bits per heavy atom. The van der Waals surface area contributed by atoms with E-state index in [0.717, 1.165) is 11.1 Å². The summed E-state index contributed by atoms with van der Waals surface area (Å²) in [5.74, 6) is 0.748. The molecule has 29 heavy (non-hydrogen) atoms. The molecule has 0 saturated carbocycles. The summed E-state index contributed by atoms with van der Waals surface area (Å²) < 4.78 is 12.8. The largest absolute Gasteiger partial charge is 0.493 e. The molecule has 0 aliphatic heterocycles. The molecule has 0 radical (unpaired) electrons. The molecule has 1 amide bonds. The van der Waals surface area contributed by atoms with Gasteiger partial charge in [-0.15, -0.1) is 0 Å². The number of carbonyl (C=O) groups is 1. The molecule has 3 aromatic rings. The van der Waals surface area contributed by atoms with Gasteiger partial charge in [0.1, 0.15) is 0 Å². The number of methoxy groups -OCH3 is 1. The van der Waals surface area contributed by atoms with Crippen molar-refractivity contribution in [3.8, 4) is 11.5 Å². The molecule has 150 valence electrons. The number of hydrazone groups is 1. The monoisotopic (exact) mass is 392 g/mol. The van der Waals surface area contributed by atoms with Gasteiger partial charge in [-0.05, 0) is 37.6 Å². The van der Waals surface area contributed by atoms with Gasteiger partial charge in [0.15, 0.2) is 11.5 Å². The van der Waals surface area contributed by atoms with Crippen molar-refractivity contribution in [1.29, 1.82) is 0 Å². The average molecular weight is 392 g/mol. The van der Waals surface area contributed by atoms with Crippen LogP contribution in [-0.2, 0) is 6.54 Å². The number of rotatable bonds is 8.